The minimum absolute atomic E-state index is 0.265. The molecule has 0 radical (unpaired) electrons. The van der Waals surface area contributed by atoms with Crippen molar-refractivity contribution >= 4 is 5.69 Å². The normalized spacial score (nSPS) is 31.6. The molecule has 3 atom stereocenters. The monoisotopic (exact) mass is 369 g/mol. The number of rotatable bonds is 5. The number of likely N-dealkylation sites (tertiary alicyclic amines) is 1. The second kappa shape index (κ2) is 7.09. The smallest absolute Gasteiger partial charge is 0.127 e. The third kappa shape index (κ3) is 3.59. The minimum atomic E-state index is -0.571. The van der Waals surface area contributed by atoms with Crippen LogP contribution in [0.5, 0.6) is 0 Å². The van der Waals surface area contributed by atoms with Crippen molar-refractivity contribution in [2.24, 2.45) is 23.2 Å². The highest BCUT2D eigenvalue weighted by Crippen LogP contribution is 2.62. The first kappa shape index (κ1) is 18.7. The quantitative estimate of drug-likeness (QED) is 0.789. The third-order valence-electron chi connectivity index (χ3n) is 7.95. The molecule has 2 bridgehead atoms. The van der Waals surface area contributed by atoms with Gasteiger partial charge in [-0.25, -0.2) is 4.39 Å². The molecule has 1 heterocycles. The number of piperidine rings is 1. The second-order valence-corrected chi connectivity index (χ2v) is 9.66. The molecule has 4 heteroatoms. The molecule has 1 aromatic rings. The molecule has 4 fully saturated rings. The van der Waals surface area contributed by atoms with Gasteiger partial charge >= 0.3 is 0 Å². The molecule has 0 aromatic heterocycles. The van der Waals surface area contributed by atoms with Gasteiger partial charge in [-0.1, -0.05) is 19.9 Å². The van der Waals surface area contributed by atoms with Gasteiger partial charge < -0.3 is 10.2 Å². The van der Waals surface area contributed by atoms with Gasteiger partial charge in [-0.15, -0.1) is 0 Å². The van der Waals surface area contributed by atoms with Gasteiger partial charge in [-0.2, -0.15) is 5.26 Å². The predicted molar refractivity (Wildman–Crippen MR) is 107 cm³/mol. The first-order chi connectivity index (χ1) is 12.9. The van der Waals surface area contributed by atoms with Gasteiger partial charge in [0.25, 0.3) is 0 Å². The van der Waals surface area contributed by atoms with Crippen LogP contribution in [0.15, 0.2) is 24.3 Å². The molecule has 5 rings (SSSR count). The number of hydrogen-bond acceptors (Lipinski definition) is 3. The largest absolute Gasteiger partial charge is 0.367 e. The van der Waals surface area contributed by atoms with Crippen LogP contribution in [0.4, 0.5) is 10.1 Å². The van der Waals surface area contributed by atoms with E-state index in [1.54, 1.807) is 6.07 Å². The van der Waals surface area contributed by atoms with Gasteiger partial charge in [0.05, 0.1) is 6.07 Å². The summed E-state index contributed by atoms with van der Waals surface area (Å²) in [5.41, 5.74) is 0.697. The molecule has 1 saturated heterocycles. The fraction of sp³-hybridized carbons (Fsp3) is 0.696. The van der Waals surface area contributed by atoms with Crippen LogP contribution in [-0.2, 0) is 0 Å². The molecule has 0 spiro atoms. The molecule has 1 aliphatic heterocycles. The highest BCUT2D eigenvalue weighted by atomic mass is 19.1. The first-order valence-corrected chi connectivity index (χ1v) is 10.6. The summed E-state index contributed by atoms with van der Waals surface area (Å²) < 4.78 is 13.4. The van der Waals surface area contributed by atoms with Gasteiger partial charge in [0.1, 0.15) is 11.4 Å². The van der Waals surface area contributed by atoms with Crippen LogP contribution < -0.4 is 5.32 Å². The van der Waals surface area contributed by atoms with E-state index in [9.17, 15) is 9.65 Å². The summed E-state index contributed by atoms with van der Waals surface area (Å²) in [6, 6.07) is 8.91. The molecule has 27 heavy (non-hydrogen) atoms. The van der Waals surface area contributed by atoms with E-state index in [4.69, 9.17) is 0 Å². The van der Waals surface area contributed by atoms with Crippen LogP contribution in [0.2, 0.25) is 0 Å². The Morgan fingerprint density at radius 2 is 2.04 bits per heavy atom. The van der Waals surface area contributed by atoms with Crippen LogP contribution >= 0.6 is 0 Å². The van der Waals surface area contributed by atoms with Gasteiger partial charge in [0.2, 0.25) is 0 Å². The molecular formula is C23H32FN3. The lowest BCUT2D eigenvalue weighted by atomic mass is 9.45. The van der Waals surface area contributed by atoms with Crippen molar-refractivity contribution in [3.63, 3.8) is 0 Å². The second-order valence-electron chi connectivity index (χ2n) is 9.66. The molecule has 1 aromatic carbocycles. The molecule has 3 aliphatic carbocycles. The van der Waals surface area contributed by atoms with Crippen LogP contribution in [0, 0.1) is 40.3 Å². The van der Waals surface area contributed by atoms with Crippen LogP contribution in [0.3, 0.4) is 0 Å². The van der Waals surface area contributed by atoms with Gasteiger partial charge in [-0.05, 0) is 86.4 Å². The van der Waals surface area contributed by atoms with Gasteiger partial charge in [-0.3, -0.25) is 0 Å². The summed E-state index contributed by atoms with van der Waals surface area (Å²) in [6.45, 7) is 7.98. The van der Waals surface area contributed by atoms with Crippen molar-refractivity contribution < 1.29 is 4.39 Å². The Morgan fingerprint density at radius 1 is 1.26 bits per heavy atom. The standard InChI is InChI=1S/C23H32FN3/c1-22(2)18-7-6-17(21(22)14-18)8-11-27-12-9-23(16-25,10-13-27)26-20-5-3-4-19(24)15-20/h3-5,15,17-18,21,26H,6-14H2,1-2H3. The Kier molecular flexibility index (Phi) is 4.93. The van der Waals surface area contributed by atoms with E-state index in [1.807, 2.05) is 6.07 Å². The zero-order chi connectivity index (χ0) is 19.1. The summed E-state index contributed by atoms with van der Waals surface area (Å²) in [5, 5.41) is 13.1. The Bertz CT molecular complexity index is 713. The number of benzene rings is 1. The zero-order valence-electron chi connectivity index (χ0n) is 16.7. The topological polar surface area (TPSA) is 39.1 Å². The Balaban J connectivity index is 1.28. The average molecular weight is 370 g/mol. The Labute approximate surface area is 162 Å². The van der Waals surface area contributed by atoms with Gasteiger partial charge in [0.15, 0.2) is 0 Å². The average Bonchev–Trinajstić information content (AvgIpc) is 2.67. The summed E-state index contributed by atoms with van der Waals surface area (Å²) in [6.07, 6.45) is 7.17. The van der Waals surface area contributed by atoms with E-state index < -0.39 is 5.54 Å². The fourth-order valence-corrected chi connectivity index (χ4v) is 5.92. The first-order valence-electron chi connectivity index (χ1n) is 10.6. The van der Waals surface area contributed by atoms with Crippen molar-refractivity contribution in [3.05, 3.63) is 30.1 Å². The molecule has 3 saturated carbocycles. The lowest BCUT2D eigenvalue weighted by molar-refractivity contribution is -0.108. The number of anilines is 1. The molecular weight excluding hydrogens is 337 g/mol. The fourth-order valence-electron chi connectivity index (χ4n) is 5.92. The lowest BCUT2D eigenvalue weighted by Gasteiger charge is -2.60. The number of nitrogens with zero attached hydrogens (tertiary/aromatic N) is 2. The van der Waals surface area contributed by atoms with Crippen molar-refractivity contribution in [1.29, 1.82) is 5.26 Å². The Hall–Kier alpha value is -1.60. The summed E-state index contributed by atoms with van der Waals surface area (Å²) in [5.74, 6) is 2.52. The number of halogens is 1. The maximum atomic E-state index is 13.4. The molecule has 1 N–H and O–H groups in total. The molecule has 3 nitrogen and oxygen atoms in total. The maximum Gasteiger partial charge on any atom is 0.127 e. The highest BCUT2D eigenvalue weighted by Gasteiger charge is 2.53. The maximum absolute atomic E-state index is 13.4. The van der Waals surface area contributed by atoms with Crippen LogP contribution in [0.1, 0.15) is 52.4 Å². The summed E-state index contributed by atoms with van der Waals surface area (Å²) in [4.78, 5) is 2.53. The summed E-state index contributed by atoms with van der Waals surface area (Å²) >= 11 is 0. The van der Waals surface area contributed by atoms with Crippen molar-refractivity contribution in [3.8, 4) is 6.07 Å². The number of fused-ring (bicyclic) bond motifs is 2. The van der Waals surface area contributed by atoms with Crippen molar-refractivity contribution in [2.45, 2.75) is 57.9 Å². The van der Waals surface area contributed by atoms with Crippen molar-refractivity contribution in [2.75, 3.05) is 25.0 Å². The van der Waals surface area contributed by atoms with Crippen LogP contribution in [-0.4, -0.2) is 30.1 Å². The molecule has 146 valence electrons. The van der Waals surface area contributed by atoms with E-state index in [0.29, 0.717) is 11.1 Å². The number of hydrogen-bond donors (Lipinski definition) is 1. The van der Waals surface area contributed by atoms with Crippen molar-refractivity contribution in [1.82, 2.24) is 4.90 Å². The SMILES string of the molecule is CC1(C)C2CCC(CCN3CCC(C#N)(Nc4cccc(F)c4)CC3)C1C2. The number of nitrogens with one attached hydrogen (secondary N) is 1. The van der Waals surface area contributed by atoms with Crippen LogP contribution in [0.25, 0.3) is 0 Å². The predicted octanol–water partition coefficient (Wildman–Crippen LogP) is 5.06. The van der Waals surface area contributed by atoms with E-state index >= 15 is 0 Å². The van der Waals surface area contributed by atoms with E-state index in [0.717, 1.165) is 50.2 Å². The zero-order valence-corrected chi connectivity index (χ0v) is 16.7. The lowest BCUT2D eigenvalue weighted by Crippen LogP contribution is -2.53. The van der Waals surface area contributed by atoms with Gasteiger partial charge in [0, 0.05) is 18.8 Å². The summed E-state index contributed by atoms with van der Waals surface area (Å²) in [7, 11) is 0. The molecule has 0 amide bonds. The number of nitriles is 1. The van der Waals surface area contributed by atoms with E-state index in [-0.39, 0.29) is 5.82 Å². The molecule has 3 unspecified atom stereocenters. The molecule has 4 aliphatic rings. The minimum Gasteiger partial charge on any atom is -0.367 e. The Morgan fingerprint density at radius 3 is 2.67 bits per heavy atom. The highest BCUT2D eigenvalue weighted by molar-refractivity contribution is 5.48. The van der Waals surface area contributed by atoms with E-state index in [1.165, 1.54) is 37.8 Å². The van der Waals surface area contributed by atoms with E-state index in [2.05, 4.69) is 30.1 Å². The third-order valence-corrected chi connectivity index (χ3v) is 7.95.